The second-order valence-corrected chi connectivity index (χ2v) is 7.28. The highest BCUT2D eigenvalue weighted by Gasteiger charge is 2.40. The molecule has 120 valence electrons. The normalized spacial score (nSPS) is 15.0. The fourth-order valence-corrected chi connectivity index (χ4v) is 3.64. The van der Waals surface area contributed by atoms with E-state index in [0.717, 1.165) is 25.7 Å². The van der Waals surface area contributed by atoms with Crippen LogP contribution >= 0.6 is 7.60 Å². The van der Waals surface area contributed by atoms with Gasteiger partial charge in [-0.05, 0) is 19.8 Å². The first-order chi connectivity index (χ1) is 9.33. The largest absolute Gasteiger partial charge is 0.395 e. The van der Waals surface area contributed by atoms with Gasteiger partial charge in [-0.3, -0.25) is 9.36 Å². The van der Waals surface area contributed by atoms with Crippen molar-refractivity contribution >= 4 is 13.5 Å². The van der Waals surface area contributed by atoms with E-state index in [1.807, 2.05) is 13.8 Å². The first kappa shape index (κ1) is 19.6. The molecule has 1 amide bonds. The number of unbranched alkanes of at least 4 members (excludes halogenated alkanes) is 2. The van der Waals surface area contributed by atoms with Crippen LogP contribution in [0.2, 0.25) is 0 Å². The van der Waals surface area contributed by atoms with Gasteiger partial charge in [0.05, 0.1) is 31.4 Å². The lowest BCUT2D eigenvalue weighted by Gasteiger charge is -2.28. The Hall–Kier alpha value is -0.420. The highest BCUT2D eigenvalue weighted by molar-refractivity contribution is 7.53. The van der Waals surface area contributed by atoms with E-state index in [4.69, 9.17) is 14.8 Å². The van der Waals surface area contributed by atoms with Gasteiger partial charge >= 0.3 is 7.60 Å². The van der Waals surface area contributed by atoms with Gasteiger partial charge in [0.25, 0.3) is 0 Å². The first-order valence-corrected chi connectivity index (χ1v) is 8.85. The van der Waals surface area contributed by atoms with Gasteiger partial charge in [-0.15, -0.1) is 0 Å². The molecule has 0 fully saturated rings. The highest BCUT2D eigenvalue weighted by atomic mass is 31.2. The van der Waals surface area contributed by atoms with Gasteiger partial charge in [0.1, 0.15) is 0 Å². The average Bonchev–Trinajstić information content (AvgIpc) is 2.39. The second-order valence-electron chi connectivity index (χ2n) is 5.23. The predicted molar refractivity (Wildman–Crippen MR) is 78.6 cm³/mol. The molecule has 0 aromatic rings. The molecule has 0 aliphatic rings. The molecule has 0 spiro atoms. The molecular formula is C13H28NO5P. The number of rotatable bonds is 12. The zero-order chi connectivity index (χ0) is 15.6. The predicted octanol–water partition coefficient (Wildman–Crippen LogP) is 2.30. The van der Waals surface area contributed by atoms with Crippen LogP contribution in [0, 0.1) is 5.41 Å². The van der Waals surface area contributed by atoms with Crippen LogP contribution in [0.5, 0.6) is 0 Å². The molecule has 3 N–H and O–H groups in total. The lowest BCUT2D eigenvalue weighted by molar-refractivity contribution is -0.127. The van der Waals surface area contributed by atoms with Crippen molar-refractivity contribution in [1.82, 2.24) is 0 Å². The number of aliphatic hydroxyl groups is 1. The summed E-state index contributed by atoms with van der Waals surface area (Å²) in [6.07, 6.45) is 3.13. The maximum Gasteiger partial charge on any atom is 0.331 e. The van der Waals surface area contributed by atoms with Gasteiger partial charge in [0.15, 0.2) is 0 Å². The van der Waals surface area contributed by atoms with E-state index in [0.29, 0.717) is 13.2 Å². The van der Waals surface area contributed by atoms with E-state index in [2.05, 4.69) is 0 Å². The molecule has 0 aliphatic heterocycles. The van der Waals surface area contributed by atoms with Gasteiger partial charge in [0, 0.05) is 0 Å². The molecule has 0 saturated carbocycles. The number of hydrogen-bond acceptors (Lipinski definition) is 5. The minimum atomic E-state index is -3.43. The number of nitrogens with two attached hydrogens (primary N) is 1. The standard InChI is InChI=1S/C13H28NO5P/c1-4-6-8-18-20(17,19-9-7-5-2)11-13(3,10-15)12(14)16/h15H,4-11H2,1-3H3,(H2,14,16). The Labute approximate surface area is 121 Å². The molecule has 0 aliphatic carbocycles. The van der Waals surface area contributed by atoms with E-state index >= 15 is 0 Å². The molecule has 1 unspecified atom stereocenters. The Balaban J connectivity index is 4.81. The summed E-state index contributed by atoms with van der Waals surface area (Å²) in [6.45, 7) is 5.58. The number of amides is 1. The molecule has 0 bridgehead atoms. The SMILES string of the molecule is CCCCOP(=O)(CC(C)(CO)C(N)=O)OCCCC. The van der Waals surface area contributed by atoms with Crippen LogP contribution in [0.15, 0.2) is 0 Å². The van der Waals surface area contributed by atoms with Crippen molar-refractivity contribution in [1.29, 1.82) is 0 Å². The average molecular weight is 309 g/mol. The molecule has 6 nitrogen and oxygen atoms in total. The van der Waals surface area contributed by atoms with Crippen molar-refractivity contribution < 1.29 is 23.5 Å². The summed E-state index contributed by atoms with van der Waals surface area (Å²) >= 11 is 0. The van der Waals surface area contributed by atoms with Crippen molar-refractivity contribution in [3.63, 3.8) is 0 Å². The summed E-state index contributed by atoms with van der Waals surface area (Å²) in [5.74, 6) is -0.710. The fraction of sp³-hybridized carbons (Fsp3) is 0.923. The zero-order valence-corrected chi connectivity index (χ0v) is 13.7. The Kier molecular flexibility index (Phi) is 9.30. The van der Waals surface area contributed by atoms with Crippen molar-refractivity contribution in [3.05, 3.63) is 0 Å². The van der Waals surface area contributed by atoms with Crippen LogP contribution in [0.3, 0.4) is 0 Å². The maximum atomic E-state index is 12.7. The van der Waals surface area contributed by atoms with E-state index in [9.17, 15) is 14.5 Å². The summed E-state index contributed by atoms with van der Waals surface area (Å²) in [7, 11) is -3.43. The monoisotopic (exact) mass is 309 g/mol. The van der Waals surface area contributed by atoms with Gasteiger partial charge in [-0.2, -0.15) is 0 Å². The van der Waals surface area contributed by atoms with Crippen LogP contribution in [-0.4, -0.2) is 37.0 Å². The molecule has 0 saturated heterocycles. The van der Waals surface area contributed by atoms with Crippen molar-refractivity contribution in [2.45, 2.75) is 46.5 Å². The van der Waals surface area contributed by atoms with E-state index < -0.39 is 25.5 Å². The fourth-order valence-electron chi connectivity index (χ4n) is 1.46. The Morgan fingerprint density at radius 1 is 1.20 bits per heavy atom. The Bertz CT molecular complexity index is 323. The summed E-state index contributed by atoms with van der Waals surface area (Å²) in [5.41, 5.74) is 3.97. The molecule has 0 aromatic heterocycles. The maximum absolute atomic E-state index is 12.7. The van der Waals surface area contributed by atoms with Crippen molar-refractivity contribution in [2.24, 2.45) is 11.1 Å². The summed E-state index contributed by atoms with van der Waals surface area (Å²) in [4.78, 5) is 11.4. The first-order valence-electron chi connectivity index (χ1n) is 7.12. The Morgan fingerprint density at radius 3 is 1.95 bits per heavy atom. The third-order valence-electron chi connectivity index (χ3n) is 3.06. The summed E-state index contributed by atoms with van der Waals surface area (Å²) < 4.78 is 23.4. The number of carbonyl (C=O) groups excluding carboxylic acids is 1. The molecular weight excluding hydrogens is 281 g/mol. The van der Waals surface area contributed by atoms with Crippen LogP contribution in [0.4, 0.5) is 0 Å². The van der Waals surface area contributed by atoms with Gasteiger partial charge in [-0.25, -0.2) is 0 Å². The molecule has 0 heterocycles. The zero-order valence-electron chi connectivity index (χ0n) is 12.8. The van der Waals surface area contributed by atoms with Gasteiger partial charge in [0.2, 0.25) is 5.91 Å². The van der Waals surface area contributed by atoms with E-state index in [1.165, 1.54) is 6.92 Å². The van der Waals surface area contributed by atoms with Gasteiger partial charge in [-0.1, -0.05) is 26.7 Å². The quantitative estimate of drug-likeness (QED) is 0.426. The van der Waals surface area contributed by atoms with Gasteiger partial charge < -0.3 is 19.9 Å². The van der Waals surface area contributed by atoms with Crippen LogP contribution < -0.4 is 5.73 Å². The molecule has 1 atom stereocenters. The summed E-state index contributed by atoms with van der Waals surface area (Å²) in [5, 5.41) is 9.33. The van der Waals surface area contributed by atoms with Crippen molar-refractivity contribution in [2.75, 3.05) is 26.0 Å². The van der Waals surface area contributed by atoms with E-state index in [1.54, 1.807) is 0 Å². The number of carbonyl (C=O) groups is 1. The number of hydrogen-bond donors (Lipinski definition) is 2. The molecule has 0 aromatic carbocycles. The lowest BCUT2D eigenvalue weighted by Crippen LogP contribution is -2.41. The summed E-state index contributed by atoms with van der Waals surface area (Å²) in [6, 6.07) is 0. The lowest BCUT2D eigenvalue weighted by atomic mass is 9.94. The topological polar surface area (TPSA) is 98.9 Å². The van der Waals surface area contributed by atoms with Crippen LogP contribution in [0.1, 0.15) is 46.5 Å². The second kappa shape index (κ2) is 9.50. The highest BCUT2D eigenvalue weighted by Crippen LogP contribution is 2.52. The molecule has 0 radical (unpaired) electrons. The van der Waals surface area contributed by atoms with Crippen molar-refractivity contribution in [3.8, 4) is 0 Å². The van der Waals surface area contributed by atoms with Crippen LogP contribution in [0.25, 0.3) is 0 Å². The molecule has 20 heavy (non-hydrogen) atoms. The third kappa shape index (κ3) is 6.84. The minimum Gasteiger partial charge on any atom is -0.395 e. The molecule has 0 rings (SSSR count). The Morgan fingerprint density at radius 2 is 1.65 bits per heavy atom. The molecule has 7 heteroatoms. The van der Waals surface area contributed by atoms with E-state index in [-0.39, 0.29) is 6.16 Å². The third-order valence-corrected chi connectivity index (χ3v) is 5.30. The smallest absolute Gasteiger partial charge is 0.331 e. The number of primary amides is 1. The van der Waals surface area contributed by atoms with Crippen LogP contribution in [-0.2, 0) is 18.4 Å². The minimum absolute atomic E-state index is 0.195. The number of aliphatic hydroxyl groups excluding tert-OH is 1.